The molecule has 1 aliphatic heterocycles. The van der Waals surface area contributed by atoms with Gasteiger partial charge >= 0.3 is 5.97 Å². The van der Waals surface area contributed by atoms with E-state index in [1.54, 1.807) is 49.3 Å². The van der Waals surface area contributed by atoms with Crippen molar-refractivity contribution in [3.8, 4) is 11.6 Å². The summed E-state index contributed by atoms with van der Waals surface area (Å²) in [5.41, 5.74) is 1.80. The normalized spacial score (nSPS) is 15.0. The summed E-state index contributed by atoms with van der Waals surface area (Å²) in [6.07, 6.45) is 5.08. The zero-order valence-electron chi connectivity index (χ0n) is 22.2. The van der Waals surface area contributed by atoms with E-state index in [-0.39, 0.29) is 18.2 Å². The molecule has 3 heterocycles. The zero-order chi connectivity index (χ0) is 28.2. The molecule has 0 spiro atoms. The monoisotopic (exact) mass is 597 g/mol. The lowest BCUT2D eigenvalue weighted by atomic mass is 10.1. The largest absolute Gasteiger partial charge is 0.474 e. The molecule has 0 amide bonds. The van der Waals surface area contributed by atoms with Crippen molar-refractivity contribution < 1.29 is 14.3 Å². The first-order valence-corrected chi connectivity index (χ1v) is 14.9. The summed E-state index contributed by atoms with van der Waals surface area (Å²) in [4.78, 5) is 33.8. The van der Waals surface area contributed by atoms with Crippen molar-refractivity contribution >= 4 is 57.5 Å². The van der Waals surface area contributed by atoms with Crippen LogP contribution in [0.4, 0.5) is 5.69 Å². The van der Waals surface area contributed by atoms with Crippen LogP contribution in [0.2, 0.25) is 10.0 Å². The van der Waals surface area contributed by atoms with Gasteiger partial charge in [0, 0.05) is 34.9 Å². The molecule has 0 aliphatic carbocycles. The lowest BCUT2D eigenvalue weighted by molar-refractivity contribution is 0.0524. The van der Waals surface area contributed by atoms with Gasteiger partial charge in [-0.3, -0.25) is 4.79 Å². The summed E-state index contributed by atoms with van der Waals surface area (Å²) in [5, 5.41) is 1.23. The first kappa shape index (κ1) is 28.3. The maximum absolute atomic E-state index is 13.5. The van der Waals surface area contributed by atoms with Crippen LogP contribution >= 0.6 is 35.0 Å². The lowest BCUT2D eigenvalue weighted by Crippen LogP contribution is -2.34. The number of pyridine rings is 2. The molecule has 5 rings (SSSR count). The minimum Gasteiger partial charge on any atom is -0.474 e. The van der Waals surface area contributed by atoms with Crippen LogP contribution in [0, 0.1) is 0 Å². The summed E-state index contributed by atoms with van der Waals surface area (Å²) >= 11 is 14.8. The molecule has 0 N–H and O–H groups in total. The average Bonchev–Trinajstić information content (AvgIpc) is 3.42. The van der Waals surface area contributed by atoms with E-state index in [4.69, 9.17) is 32.7 Å². The third-order valence-corrected chi connectivity index (χ3v) is 8.30. The van der Waals surface area contributed by atoms with Crippen LogP contribution in [0.3, 0.4) is 0 Å². The number of hydrogen-bond acceptors (Lipinski definition) is 7. The number of carbonyl (C=O) groups excluding carboxylic acids is 1. The smallest absolute Gasteiger partial charge is 0.343 e. The van der Waals surface area contributed by atoms with Gasteiger partial charge < -0.3 is 18.9 Å². The molecule has 0 bridgehead atoms. The third-order valence-electron chi connectivity index (χ3n) is 6.82. The number of fused-ring (bicyclic) bond motifs is 1. The van der Waals surface area contributed by atoms with E-state index < -0.39 is 11.4 Å². The standard InChI is InChI=1S/C30H29Cl2N3O4S/c1-3-38-30(37)23-17-35(19-9-11-21(12-10-19)40-4-2)26-16-27(25(32)15-22(26)28(23)36)34-14-6-7-20(34)18-39-29-24(31)8-5-13-33-29/h5,8-13,15-17,20H,3-4,6-7,14,18H2,1-2H3/t20-/m1/s1. The van der Waals surface area contributed by atoms with Gasteiger partial charge in [-0.2, -0.15) is 0 Å². The number of ether oxygens (including phenoxy) is 2. The van der Waals surface area contributed by atoms with Gasteiger partial charge in [-0.25, -0.2) is 9.78 Å². The van der Waals surface area contributed by atoms with E-state index >= 15 is 0 Å². The van der Waals surface area contributed by atoms with E-state index in [2.05, 4.69) is 16.8 Å². The van der Waals surface area contributed by atoms with Crippen molar-refractivity contribution in [2.45, 2.75) is 37.6 Å². The molecule has 0 unspecified atom stereocenters. The Morgan fingerprint density at radius 1 is 1.12 bits per heavy atom. The molecule has 208 valence electrons. The quantitative estimate of drug-likeness (QED) is 0.151. The summed E-state index contributed by atoms with van der Waals surface area (Å²) in [6.45, 7) is 5.15. The second-order valence-electron chi connectivity index (χ2n) is 9.30. The second kappa shape index (κ2) is 12.5. The molecular formula is C30H29Cl2N3O4S. The first-order chi connectivity index (χ1) is 19.4. The van der Waals surface area contributed by atoms with Crippen LogP contribution in [0.15, 0.2) is 70.6 Å². The molecule has 0 saturated carbocycles. The fourth-order valence-electron chi connectivity index (χ4n) is 4.97. The van der Waals surface area contributed by atoms with Crippen LogP contribution in [-0.4, -0.2) is 47.1 Å². The highest BCUT2D eigenvalue weighted by Gasteiger charge is 2.29. The molecule has 1 aliphatic rings. The Hall–Kier alpha value is -3.20. The van der Waals surface area contributed by atoms with Crippen LogP contribution in [0.25, 0.3) is 16.6 Å². The number of nitrogens with zero attached hydrogens (tertiary/aromatic N) is 3. The predicted octanol–water partition coefficient (Wildman–Crippen LogP) is 7.03. The second-order valence-corrected chi connectivity index (χ2v) is 11.5. The Morgan fingerprint density at radius 3 is 2.65 bits per heavy atom. The topological polar surface area (TPSA) is 73.7 Å². The molecule has 10 heteroatoms. The van der Waals surface area contributed by atoms with Crippen molar-refractivity contribution in [1.29, 1.82) is 0 Å². The number of carbonyl (C=O) groups is 1. The Labute approximate surface area is 247 Å². The van der Waals surface area contributed by atoms with Crippen molar-refractivity contribution in [2.75, 3.05) is 30.4 Å². The minimum absolute atomic E-state index is 0.0372. The van der Waals surface area contributed by atoms with Crippen molar-refractivity contribution in [2.24, 2.45) is 0 Å². The first-order valence-electron chi connectivity index (χ1n) is 13.2. The Kier molecular flexibility index (Phi) is 8.88. The zero-order valence-corrected chi connectivity index (χ0v) is 24.6. The molecule has 1 fully saturated rings. The minimum atomic E-state index is -0.661. The fraction of sp³-hybridized carbons (Fsp3) is 0.300. The molecule has 7 nitrogen and oxygen atoms in total. The summed E-state index contributed by atoms with van der Waals surface area (Å²) in [6, 6.07) is 15.1. The number of esters is 1. The van der Waals surface area contributed by atoms with Gasteiger partial charge in [0.15, 0.2) is 0 Å². The number of hydrogen-bond donors (Lipinski definition) is 0. The summed E-state index contributed by atoms with van der Waals surface area (Å²) in [7, 11) is 0. The van der Waals surface area contributed by atoms with E-state index in [0.717, 1.165) is 41.4 Å². The van der Waals surface area contributed by atoms with Crippen LogP contribution in [-0.2, 0) is 4.74 Å². The number of benzene rings is 2. The van der Waals surface area contributed by atoms with Gasteiger partial charge in [-0.05, 0) is 74.0 Å². The lowest BCUT2D eigenvalue weighted by Gasteiger charge is -2.28. The van der Waals surface area contributed by atoms with Gasteiger partial charge in [0.05, 0.1) is 28.9 Å². The van der Waals surface area contributed by atoms with Crippen LogP contribution in [0.1, 0.15) is 37.0 Å². The van der Waals surface area contributed by atoms with Crippen molar-refractivity contribution in [3.05, 3.63) is 86.8 Å². The molecular weight excluding hydrogens is 569 g/mol. The van der Waals surface area contributed by atoms with Crippen molar-refractivity contribution in [3.63, 3.8) is 0 Å². The van der Waals surface area contributed by atoms with Gasteiger partial charge in [-0.15, -0.1) is 11.8 Å². The maximum atomic E-state index is 13.5. The maximum Gasteiger partial charge on any atom is 0.343 e. The van der Waals surface area contributed by atoms with Gasteiger partial charge in [-0.1, -0.05) is 30.1 Å². The number of aromatic nitrogens is 2. The molecule has 40 heavy (non-hydrogen) atoms. The average molecular weight is 599 g/mol. The molecule has 1 saturated heterocycles. The summed E-state index contributed by atoms with van der Waals surface area (Å²) in [5.74, 6) is 0.694. The molecule has 0 radical (unpaired) electrons. The van der Waals surface area contributed by atoms with Crippen LogP contribution in [0.5, 0.6) is 5.88 Å². The van der Waals surface area contributed by atoms with E-state index in [9.17, 15) is 9.59 Å². The van der Waals surface area contributed by atoms with E-state index in [1.165, 1.54) is 0 Å². The third kappa shape index (κ3) is 5.80. The molecule has 2 aromatic heterocycles. The number of rotatable bonds is 9. The number of anilines is 1. The van der Waals surface area contributed by atoms with Gasteiger partial charge in [0.2, 0.25) is 11.3 Å². The predicted molar refractivity (Wildman–Crippen MR) is 162 cm³/mol. The Morgan fingerprint density at radius 2 is 1.93 bits per heavy atom. The highest BCUT2D eigenvalue weighted by atomic mass is 35.5. The van der Waals surface area contributed by atoms with Crippen LogP contribution < -0.4 is 15.1 Å². The SMILES string of the molecule is CCOC(=O)c1cn(-c2ccc(SCC)cc2)c2cc(N3CCC[C@@H]3COc3ncccc3Cl)c(Cl)cc2c1=O. The molecule has 2 aromatic carbocycles. The molecule has 1 atom stereocenters. The number of halogens is 2. The highest BCUT2D eigenvalue weighted by Crippen LogP contribution is 2.36. The molecule has 4 aromatic rings. The van der Waals surface area contributed by atoms with E-state index in [0.29, 0.717) is 33.4 Å². The van der Waals surface area contributed by atoms with E-state index in [1.807, 2.05) is 34.9 Å². The Balaban J connectivity index is 1.59. The van der Waals surface area contributed by atoms with Gasteiger partial charge in [0.25, 0.3) is 0 Å². The summed E-state index contributed by atoms with van der Waals surface area (Å²) < 4.78 is 13.0. The number of thioether (sulfide) groups is 1. The highest BCUT2D eigenvalue weighted by molar-refractivity contribution is 7.99. The van der Waals surface area contributed by atoms with Gasteiger partial charge in [0.1, 0.15) is 17.2 Å². The van der Waals surface area contributed by atoms with Crippen molar-refractivity contribution in [1.82, 2.24) is 9.55 Å². The fourth-order valence-corrected chi connectivity index (χ4v) is 6.08. The Bertz CT molecular complexity index is 1590.